The number of benzene rings is 1. The van der Waals surface area contributed by atoms with Crippen LogP contribution in [0.25, 0.3) is 0 Å². The molecule has 1 heterocycles. The van der Waals surface area contributed by atoms with E-state index in [1.54, 1.807) is 4.90 Å². The number of amides is 3. The summed E-state index contributed by atoms with van der Waals surface area (Å²) in [5.41, 5.74) is 0.891. The van der Waals surface area contributed by atoms with E-state index in [-0.39, 0.29) is 36.3 Å². The lowest BCUT2D eigenvalue weighted by Gasteiger charge is -2.36. The van der Waals surface area contributed by atoms with Gasteiger partial charge in [0.2, 0.25) is 11.8 Å². The average Bonchev–Trinajstić information content (AvgIpc) is 2.86. The third-order valence-corrected chi connectivity index (χ3v) is 7.02. The van der Waals surface area contributed by atoms with E-state index in [1.807, 2.05) is 44.2 Å². The minimum atomic E-state index is -0.668. The normalized spacial score (nSPS) is 21.0. The van der Waals surface area contributed by atoms with Gasteiger partial charge in [0.25, 0.3) is 0 Å². The molecule has 0 radical (unpaired) electrons. The van der Waals surface area contributed by atoms with Gasteiger partial charge in [-0.15, -0.1) is 0 Å². The van der Waals surface area contributed by atoms with Crippen molar-refractivity contribution in [3.63, 3.8) is 0 Å². The number of likely N-dealkylation sites (tertiary alicyclic amines) is 1. The lowest BCUT2D eigenvalue weighted by atomic mass is 9.92. The number of piperidine rings is 1. The van der Waals surface area contributed by atoms with E-state index in [1.165, 1.54) is 19.3 Å². The van der Waals surface area contributed by atoms with E-state index in [0.29, 0.717) is 13.1 Å². The monoisotopic (exact) mass is 457 g/mol. The Morgan fingerprint density at radius 1 is 1.06 bits per heavy atom. The second-order valence-corrected chi connectivity index (χ2v) is 9.54. The molecule has 3 amide bonds. The van der Waals surface area contributed by atoms with E-state index >= 15 is 0 Å². The predicted molar refractivity (Wildman–Crippen MR) is 127 cm³/mol. The van der Waals surface area contributed by atoms with Crippen LogP contribution in [-0.2, 0) is 20.9 Å². The van der Waals surface area contributed by atoms with E-state index in [2.05, 4.69) is 10.6 Å². The van der Waals surface area contributed by atoms with Crippen LogP contribution < -0.4 is 10.6 Å². The Morgan fingerprint density at radius 2 is 1.79 bits per heavy atom. The zero-order valence-corrected chi connectivity index (χ0v) is 20.1. The fourth-order valence-corrected chi connectivity index (χ4v) is 4.73. The van der Waals surface area contributed by atoms with Gasteiger partial charge in [-0.2, -0.15) is 0 Å². The minimum absolute atomic E-state index is 0.0433. The molecule has 2 N–H and O–H groups in total. The van der Waals surface area contributed by atoms with Crippen molar-refractivity contribution in [3.05, 3.63) is 35.9 Å². The third kappa shape index (κ3) is 7.47. The molecule has 1 aliphatic heterocycles. The highest BCUT2D eigenvalue weighted by Crippen LogP contribution is 2.22. The van der Waals surface area contributed by atoms with Gasteiger partial charge in [0, 0.05) is 19.1 Å². The van der Waals surface area contributed by atoms with Gasteiger partial charge in [0.1, 0.15) is 12.6 Å². The maximum absolute atomic E-state index is 13.4. The maximum Gasteiger partial charge on any atom is 0.408 e. The molecule has 33 heavy (non-hydrogen) atoms. The Hall–Kier alpha value is -2.57. The second-order valence-electron chi connectivity index (χ2n) is 9.54. The average molecular weight is 458 g/mol. The molecule has 182 valence electrons. The van der Waals surface area contributed by atoms with Gasteiger partial charge in [-0.1, -0.05) is 69.9 Å². The number of hydrogen-bond acceptors (Lipinski definition) is 4. The first-order valence-electron chi connectivity index (χ1n) is 12.5. The maximum atomic E-state index is 13.4. The number of hydrogen-bond donors (Lipinski definition) is 2. The summed E-state index contributed by atoms with van der Waals surface area (Å²) in [5.74, 6) is -0.295. The molecule has 1 saturated carbocycles. The Balaban J connectivity index is 1.55. The fraction of sp³-hybridized carbons (Fsp3) is 0.654. The molecule has 0 bridgehead atoms. The number of ether oxygens (including phenoxy) is 1. The molecule has 1 aliphatic carbocycles. The molecule has 1 saturated heterocycles. The van der Waals surface area contributed by atoms with Crippen molar-refractivity contribution in [2.45, 2.75) is 83.9 Å². The Kier molecular flexibility index (Phi) is 9.58. The summed E-state index contributed by atoms with van der Waals surface area (Å²) in [6.45, 7) is 5.13. The minimum Gasteiger partial charge on any atom is -0.445 e. The summed E-state index contributed by atoms with van der Waals surface area (Å²) in [5, 5.41) is 6.00. The first kappa shape index (κ1) is 25.1. The molecule has 1 unspecified atom stereocenters. The van der Waals surface area contributed by atoms with Gasteiger partial charge >= 0.3 is 6.09 Å². The van der Waals surface area contributed by atoms with Crippen LogP contribution in [0, 0.1) is 11.8 Å². The van der Waals surface area contributed by atoms with Crippen molar-refractivity contribution in [1.29, 1.82) is 0 Å². The Labute approximate surface area is 197 Å². The lowest BCUT2D eigenvalue weighted by Crippen LogP contribution is -2.55. The predicted octanol–water partition coefficient (Wildman–Crippen LogP) is 4.02. The van der Waals surface area contributed by atoms with Gasteiger partial charge in [-0.3, -0.25) is 9.59 Å². The molecular formula is C26H39N3O4. The van der Waals surface area contributed by atoms with Gasteiger partial charge < -0.3 is 20.3 Å². The summed E-state index contributed by atoms with van der Waals surface area (Å²) < 4.78 is 5.35. The Bertz CT molecular complexity index is 779. The molecule has 0 spiro atoms. The van der Waals surface area contributed by atoms with Crippen LogP contribution in [0.4, 0.5) is 4.79 Å². The number of carbonyl (C=O) groups is 3. The standard InChI is InChI=1S/C26H39N3O4/c1-3-19(2)23(28-26(32)33-18-20-11-6-4-7-12-20)25(31)29-16-10-13-21(17-29)24(30)27-22-14-8-5-9-15-22/h4,6-7,11-12,19,21-23H,3,5,8-10,13-18H2,1-2H3,(H,27,30)(H,28,32)/t19-,21?,23-/m0/s1. The smallest absolute Gasteiger partial charge is 0.408 e. The molecule has 7 heteroatoms. The van der Waals surface area contributed by atoms with Crippen LogP contribution in [-0.4, -0.2) is 48.0 Å². The highest BCUT2D eigenvalue weighted by molar-refractivity contribution is 5.87. The van der Waals surface area contributed by atoms with Crippen LogP contribution in [0.15, 0.2) is 30.3 Å². The first-order valence-corrected chi connectivity index (χ1v) is 12.5. The van der Waals surface area contributed by atoms with Crippen molar-refractivity contribution in [1.82, 2.24) is 15.5 Å². The molecule has 2 aliphatic rings. The number of nitrogens with one attached hydrogen (secondary N) is 2. The number of rotatable bonds is 8. The van der Waals surface area contributed by atoms with Crippen molar-refractivity contribution < 1.29 is 19.1 Å². The van der Waals surface area contributed by atoms with Crippen molar-refractivity contribution >= 4 is 17.9 Å². The fourth-order valence-electron chi connectivity index (χ4n) is 4.73. The van der Waals surface area contributed by atoms with Crippen LogP contribution in [0.5, 0.6) is 0 Å². The first-order chi connectivity index (χ1) is 16.0. The van der Waals surface area contributed by atoms with Crippen molar-refractivity contribution in [3.8, 4) is 0 Å². The highest BCUT2D eigenvalue weighted by atomic mass is 16.5. The topological polar surface area (TPSA) is 87.7 Å². The quantitative estimate of drug-likeness (QED) is 0.617. The van der Waals surface area contributed by atoms with Crippen molar-refractivity contribution in [2.75, 3.05) is 13.1 Å². The molecular weight excluding hydrogens is 418 g/mol. The van der Waals surface area contributed by atoms with Gasteiger partial charge in [-0.05, 0) is 37.2 Å². The molecule has 3 atom stereocenters. The highest BCUT2D eigenvalue weighted by Gasteiger charge is 2.35. The molecule has 7 nitrogen and oxygen atoms in total. The zero-order valence-electron chi connectivity index (χ0n) is 20.1. The summed E-state index contributed by atoms with van der Waals surface area (Å²) >= 11 is 0. The summed E-state index contributed by atoms with van der Waals surface area (Å²) in [6.07, 6.45) is 7.42. The summed E-state index contributed by atoms with van der Waals surface area (Å²) in [4.78, 5) is 40.5. The molecule has 3 rings (SSSR count). The van der Waals surface area contributed by atoms with E-state index < -0.39 is 12.1 Å². The lowest BCUT2D eigenvalue weighted by molar-refractivity contribution is -0.138. The SMILES string of the molecule is CC[C@H](C)[C@H](NC(=O)OCc1ccccc1)C(=O)N1CCCC(C(=O)NC2CCCCC2)C1. The molecule has 1 aromatic carbocycles. The summed E-state index contributed by atoms with van der Waals surface area (Å²) in [7, 11) is 0. The van der Waals surface area contributed by atoms with Crippen LogP contribution in [0.3, 0.4) is 0 Å². The Morgan fingerprint density at radius 3 is 2.48 bits per heavy atom. The van der Waals surface area contributed by atoms with E-state index in [4.69, 9.17) is 4.74 Å². The zero-order chi connectivity index (χ0) is 23.6. The largest absolute Gasteiger partial charge is 0.445 e. The van der Waals surface area contributed by atoms with Crippen molar-refractivity contribution in [2.24, 2.45) is 11.8 Å². The number of alkyl carbamates (subject to hydrolysis) is 1. The van der Waals surface area contributed by atoms with Gasteiger partial charge in [0.05, 0.1) is 5.92 Å². The molecule has 0 aromatic heterocycles. The molecule has 1 aromatic rings. The van der Waals surface area contributed by atoms with Crippen LogP contribution >= 0.6 is 0 Å². The van der Waals surface area contributed by atoms with E-state index in [0.717, 1.165) is 37.7 Å². The van der Waals surface area contributed by atoms with Gasteiger partial charge in [0.15, 0.2) is 0 Å². The summed E-state index contributed by atoms with van der Waals surface area (Å²) in [6, 6.07) is 9.05. The van der Waals surface area contributed by atoms with E-state index in [9.17, 15) is 14.4 Å². The van der Waals surface area contributed by atoms with Gasteiger partial charge in [-0.25, -0.2) is 4.79 Å². The third-order valence-electron chi connectivity index (χ3n) is 7.02. The van der Waals surface area contributed by atoms with Crippen LogP contribution in [0.1, 0.15) is 70.8 Å². The molecule has 2 fully saturated rings. The second kappa shape index (κ2) is 12.6. The number of carbonyl (C=O) groups excluding carboxylic acids is 3. The van der Waals surface area contributed by atoms with Crippen LogP contribution in [0.2, 0.25) is 0 Å². The number of nitrogens with zero attached hydrogens (tertiary/aromatic N) is 1.